The Bertz CT molecular complexity index is 297. The fraction of sp³-hybridized carbons (Fsp3) is 0.938. The van der Waals surface area contributed by atoms with Crippen LogP contribution in [0.5, 0.6) is 0 Å². The van der Waals surface area contributed by atoms with E-state index in [-0.39, 0.29) is 17.0 Å². The van der Waals surface area contributed by atoms with Crippen LogP contribution < -0.4 is 5.32 Å². The van der Waals surface area contributed by atoms with Gasteiger partial charge in [0.1, 0.15) is 0 Å². The van der Waals surface area contributed by atoms with Gasteiger partial charge in [0, 0.05) is 12.1 Å². The Balaban J connectivity index is 2.39. The lowest BCUT2D eigenvalue weighted by atomic mass is 9.90. The van der Waals surface area contributed by atoms with Gasteiger partial charge in [0.05, 0.1) is 5.54 Å². The second-order valence-corrected chi connectivity index (χ2v) is 7.09. The number of carbonyl (C=O) groups excluding carboxylic acids is 1. The summed E-state index contributed by atoms with van der Waals surface area (Å²) in [5.74, 6) is 0.162. The first-order chi connectivity index (χ1) is 8.79. The summed E-state index contributed by atoms with van der Waals surface area (Å²) in [5.41, 5.74) is -0.465. The van der Waals surface area contributed by atoms with Crippen molar-refractivity contribution in [3.63, 3.8) is 0 Å². The van der Waals surface area contributed by atoms with Crippen LogP contribution in [0, 0.1) is 0 Å². The molecular weight excluding hydrogens is 236 g/mol. The molecule has 1 amide bonds. The predicted molar refractivity (Wildman–Crippen MR) is 81.2 cm³/mol. The number of hydrogen-bond donors (Lipinski definition) is 1. The first-order valence-corrected chi connectivity index (χ1v) is 7.87. The molecule has 19 heavy (non-hydrogen) atoms. The van der Waals surface area contributed by atoms with Gasteiger partial charge in [-0.1, -0.05) is 39.0 Å². The number of nitrogens with one attached hydrogen (secondary N) is 1. The highest BCUT2D eigenvalue weighted by atomic mass is 16.2. The van der Waals surface area contributed by atoms with Gasteiger partial charge in [-0.15, -0.1) is 0 Å². The Morgan fingerprint density at radius 1 is 1.05 bits per heavy atom. The number of hydrogen-bond acceptors (Lipinski definition) is 2. The SMILES string of the molecule is CCCCCCCCN1CC(C)(C)NC(=O)C1(C)C. The van der Waals surface area contributed by atoms with Crippen molar-refractivity contribution in [2.45, 2.75) is 84.2 Å². The van der Waals surface area contributed by atoms with Gasteiger partial charge in [-0.3, -0.25) is 9.69 Å². The molecule has 1 aliphatic rings. The lowest BCUT2D eigenvalue weighted by molar-refractivity contribution is -0.139. The molecular formula is C16H32N2O. The number of unbranched alkanes of at least 4 members (excludes halogenated alkanes) is 5. The van der Waals surface area contributed by atoms with Crippen LogP contribution in [-0.2, 0) is 4.79 Å². The topological polar surface area (TPSA) is 32.3 Å². The fourth-order valence-electron chi connectivity index (χ4n) is 2.76. The molecule has 1 heterocycles. The number of rotatable bonds is 7. The zero-order valence-corrected chi connectivity index (χ0v) is 13.5. The van der Waals surface area contributed by atoms with Crippen LogP contribution in [-0.4, -0.2) is 35.0 Å². The van der Waals surface area contributed by atoms with Gasteiger partial charge in [0.2, 0.25) is 5.91 Å². The third-order valence-corrected chi connectivity index (χ3v) is 4.17. The third-order valence-electron chi connectivity index (χ3n) is 4.17. The summed E-state index contributed by atoms with van der Waals surface area (Å²) in [6.45, 7) is 12.5. The van der Waals surface area contributed by atoms with Crippen molar-refractivity contribution >= 4 is 5.91 Å². The minimum absolute atomic E-state index is 0.102. The van der Waals surface area contributed by atoms with Crippen molar-refractivity contribution in [2.24, 2.45) is 0 Å². The molecule has 3 nitrogen and oxygen atoms in total. The smallest absolute Gasteiger partial charge is 0.240 e. The van der Waals surface area contributed by atoms with Crippen molar-refractivity contribution in [3.8, 4) is 0 Å². The molecule has 0 atom stereocenters. The fourth-order valence-corrected chi connectivity index (χ4v) is 2.76. The molecule has 0 aromatic heterocycles. The van der Waals surface area contributed by atoms with E-state index in [4.69, 9.17) is 0 Å². The van der Waals surface area contributed by atoms with Gasteiger partial charge in [-0.2, -0.15) is 0 Å². The van der Waals surface area contributed by atoms with E-state index in [0.29, 0.717) is 0 Å². The molecule has 1 aliphatic heterocycles. The van der Waals surface area contributed by atoms with Crippen LogP contribution in [0.3, 0.4) is 0 Å². The molecule has 0 aliphatic carbocycles. The number of piperazine rings is 1. The summed E-state index contributed by atoms with van der Waals surface area (Å²) in [6.07, 6.45) is 7.83. The Kier molecular flexibility index (Phi) is 5.84. The van der Waals surface area contributed by atoms with Crippen LogP contribution in [0.15, 0.2) is 0 Å². The standard InChI is InChI=1S/C16H32N2O/c1-6-7-8-9-10-11-12-18-13-15(2,3)17-14(19)16(18,4)5/h6-13H2,1-5H3,(H,17,19). The Morgan fingerprint density at radius 3 is 2.26 bits per heavy atom. The molecule has 0 aromatic carbocycles. The lowest BCUT2D eigenvalue weighted by Gasteiger charge is -2.48. The summed E-state index contributed by atoms with van der Waals surface area (Å²) in [4.78, 5) is 14.5. The zero-order valence-electron chi connectivity index (χ0n) is 13.5. The summed E-state index contributed by atoms with van der Waals surface area (Å²) >= 11 is 0. The van der Waals surface area contributed by atoms with Gasteiger partial charge in [0.25, 0.3) is 0 Å². The largest absolute Gasteiger partial charge is 0.348 e. The van der Waals surface area contributed by atoms with Crippen LogP contribution in [0.25, 0.3) is 0 Å². The van der Waals surface area contributed by atoms with Crippen molar-refractivity contribution < 1.29 is 4.79 Å². The van der Waals surface area contributed by atoms with E-state index in [1.165, 1.54) is 38.5 Å². The molecule has 1 rings (SSSR count). The normalized spacial score (nSPS) is 22.3. The first-order valence-electron chi connectivity index (χ1n) is 7.87. The van der Waals surface area contributed by atoms with Gasteiger partial charge in [-0.05, 0) is 40.7 Å². The van der Waals surface area contributed by atoms with Gasteiger partial charge in [-0.25, -0.2) is 0 Å². The molecule has 0 bridgehead atoms. The van der Waals surface area contributed by atoms with E-state index >= 15 is 0 Å². The molecule has 0 spiro atoms. The molecule has 1 N–H and O–H groups in total. The van der Waals surface area contributed by atoms with E-state index in [9.17, 15) is 4.79 Å². The summed E-state index contributed by atoms with van der Waals surface area (Å²) < 4.78 is 0. The van der Waals surface area contributed by atoms with Crippen LogP contribution >= 0.6 is 0 Å². The predicted octanol–water partition coefficient (Wildman–Crippen LogP) is 3.34. The van der Waals surface area contributed by atoms with Gasteiger partial charge in [0.15, 0.2) is 0 Å². The molecule has 112 valence electrons. The van der Waals surface area contributed by atoms with Crippen molar-refractivity contribution in [1.82, 2.24) is 10.2 Å². The maximum absolute atomic E-state index is 12.2. The summed E-state index contributed by atoms with van der Waals surface area (Å²) in [5, 5.41) is 3.11. The van der Waals surface area contributed by atoms with Crippen molar-refractivity contribution in [1.29, 1.82) is 0 Å². The summed E-state index contributed by atoms with van der Waals surface area (Å²) in [7, 11) is 0. The summed E-state index contributed by atoms with van der Waals surface area (Å²) in [6, 6.07) is 0. The average Bonchev–Trinajstić information content (AvgIpc) is 2.29. The molecule has 0 aromatic rings. The first kappa shape index (κ1) is 16.5. The number of nitrogens with zero attached hydrogens (tertiary/aromatic N) is 1. The zero-order chi connectivity index (χ0) is 14.5. The minimum Gasteiger partial charge on any atom is -0.348 e. The van der Waals surface area contributed by atoms with Crippen molar-refractivity contribution in [3.05, 3.63) is 0 Å². The van der Waals surface area contributed by atoms with Gasteiger partial charge >= 0.3 is 0 Å². The van der Waals surface area contributed by atoms with E-state index in [2.05, 4.69) is 31.0 Å². The highest BCUT2D eigenvalue weighted by Gasteiger charge is 2.43. The Morgan fingerprint density at radius 2 is 1.63 bits per heavy atom. The minimum atomic E-state index is -0.362. The molecule has 1 saturated heterocycles. The maximum atomic E-state index is 12.2. The van der Waals surface area contributed by atoms with Crippen LogP contribution in [0.4, 0.5) is 0 Å². The second-order valence-electron chi connectivity index (χ2n) is 7.09. The molecule has 3 heteroatoms. The number of amides is 1. The monoisotopic (exact) mass is 268 g/mol. The molecule has 1 fully saturated rings. The van der Waals surface area contributed by atoms with Gasteiger partial charge < -0.3 is 5.32 Å². The quantitative estimate of drug-likeness (QED) is 0.718. The van der Waals surface area contributed by atoms with Crippen LogP contribution in [0.1, 0.15) is 73.1 Å². The third kappa shape index (κ3) is 4.79. The van der Waals surface area contributed by atoms with E-state index in [1.807, 2.05) is 13.8 Å². The average molecular weight is 268 g/mol. The Hall–Kier alpha value is -0.570. The molecule has 0 unspecified atom stereocenters. The highest BCUT2D eigenvalue weighted by Crippen LogP contribution is 2.25. The van der Waals surface area contributed by atoms with Crippen LogP contribution in [0.2, 0.25) is 0 Å². The Labute approximate surface area is 119 Å². The van der Waals surface area contributed by atoms with E-state index in [1.54, 1.807) is 0 Å². The second kappa shape index (κ2) is 6.74. The maximum Gasteiger partial charge on any atom is 0.240 e. The van der Waals surface area contributed by atoms with Crippen molar-refractivity contribution in [2.75, 3.05) is 13.1 Å². The number of carbonyl (C=O) groups is 1. The molecule has 0 radical (unpaired) electrons. The van der Waals surface area contributed by atoms with E-state index < -0.39 is 0 Å². The lowest BCUT2D eigenvalue weighted by Crippen LogP contribution is -2.69. The molecule has 0 saturated carbocycles. The van der Waals surface area contributed by atoms with E-state index in [0.717, 1.165) is 13.1 Å². The highest BCUT2D eigenvalue weighted by molar-refractivity contribution is 5.86.